The van der Waals surface area contributed by atoms with Crippen LogP contribution in [0.3, 0.4) is 0 Å². The van der Waals surface area contributed by atoms with Gasteiger partial charge in [-0.25, -0.2) is 19.0 Å². The number of ether oxygens (including phenoxy) is 2. The van der Waals surface area contributed by atoms with Crippen molar-refractivity contribution in [3.63, 3.8) is 0 Å². The van der Waals surface area contributed by atoms with Gasteiger partial charge in [-0.3, -0.25) is 0 Å². The molecular formula is C22H21FN6O2. The smallest absolute Gasteiger partial charge is 0.223 e. The van der Waals surface area contributed by atoms with Crippen LogP contribution in [-0.4, -0.2) is 51.3 Å². The summed E-state index contributed by atoms with van der Waals surface area (Å²) in [5, 5.41) is 11.8. The molecule has 4 aromatic rings. The standard InChI is InChI=1S/C22H21FN6O2/c1-30-20-4-2-3-19(21(20)23)29-18-6-5-14(13-17(18)27-28-29)16-7-10-24-22(26-16)25-15-8-11-31-12-9-15/h2-7,10,13,15H,8-9,11-12H2,1H3,(H,24,25,26). The lowest BCUT2D eigenvalue weighted by molar-refractivity contribution is 0.0903. The van der Waals surface area contributed by atoms with Gasteiger partial charge < -0.3 is 14.8 Å². The predicted octanol–water partition coefficient (Wildman–Crippen LogP) is 3.62. The maximum Gasteiger partial charge on any atom is 0.223 e. The van der Waals surface area contributed by atoms with Crippen molar-refractivity contribution in [1.82, 2.24) is 25.0 Å². The number of nitrogens with one attached hydrogen (secondary N) is 1. The van der Waals surface area contributed by atoms with Crippen LogP contribution in [0.2, 0.25) is 0 Å². The molecule has 3 heterocycles. The van der Waals surface area contributed by atoms with Crippen LogP contribution in [0.1, 0.15) is 12.8 Å². The lowest BCUT2D eigenvalue weighted by atomic mass is 10.1. The van der Waals surface area contributed by atoms with Crippen LogP contribution >= 0.6 is 0 Å². The lowest BCUT2D eigenvalue weighted by Gasteiger charge is -2.23. The Balaban J connectivity index is 1.46. The molecule has 0 spiro atoms. The van der Waals surface area contributed by atoms with Crippen molar-refractivity contribution in [2.24, 2.45) is 0 Å². The zero-order chi connectivity index (χ0) is 21.2. The van der Waals surface area contributed by atoms with E-state index in [1.807, 2.05) is 24.3 Å². The second-order valence-corrected chi connectivity index (χ2v) is 7.29. The minimum absolute atomic E-state index is 0.156. The molecule has 1 aliphatic heterocycles. The van der Waals surface area contributed by atoms with Crippen molar-refractivity contribution in [2.75, 3.05) is 25.6 Å². The first-order chi connectivity index (χ1) is 15.2. The van der Waals surface area contributed by atoms with Gasteiger partial charge in [0.25, 0.3) is 0 Å². The molecule has 9 heteroatoms. The van der Waals surface area contributed by atoms with E-state index in [2.05, 4.69) is 25.6 Å². The molecule has 0 aliphatic carbocycles. The Morgan fingerprint density at radius 3 is 2.87 bits per heavy atom. The number of methoxy groups -OCH3 is 1. The number of halogens is 1. The van der Waals surface area contributed by atoms with Gasteiger partial charge in [0.1, 0.15) is 11.2 Å². The van der Waals surface area contributed by atoms with Crippen molar-refractivity contribution in [3.8, 4) is 22.7 Å². The largest absolute Gasteiger partial charge is 0.494 e. The highest BCUT2D eigenvalue weighted by Gasteiger charge is 2.17. The Bertz CT molecular complexity index is 1220. The molecule has 0 saturated carbocycles. The molecule has 0 bridgehead atoms. The average molecular weight is 420 g/mol. The fourth-order valence-corrected chi connectivity index (χ4v) is 3.69. The molecule has 2 aromatic heterocycles. The minimum Gasteiger partial charge on any atom is -0.494 e. The summed E-state index contributed by atoms with van der Waals surface area (Å²) in [6.07, 6.45) is 3.60. The highest BCUT2D eigenvalue weighted by Crippen LogP contribution is 2.27. The number of benzene rings is 2. The monoisotopic (exact) mass is 420 g/mol. The summed E-state index contributed by atoms with van der Waals surface area (Å²) < 4.78 is 26.6. The van der Waals surface area contributed by atoms with Gasteiger partial charge in [-0.15, -0.1) is 5.10 Å². The summed E-state index contributed by atoms with van der Waals surface area (Å²) >= 11 is 0. The molecule has 1 N–H and O–H groups in total. The Morgan fingerprint density at radius 1 is 1.16 bits per heavy atom. The third kappa shape index (κ3) is 3.79. The molecule has 0 radical (unpaired) electrons. The van der Waals surface area contributed by atoms with E-state index in [-0.39, 0.29) is 11.4 Å². The Kier molecular flexibility index (Phi) is 5.17. The van der Waals surface area contributed by atoms with Crippen LogP contribution in [0.5, 0.6) is 5.75 Å². The van der Waals surface area contributed by atoms with E-state index >= 15 is 0 Å². The number of nitrogens with zero attached hydrogens (tertiary/aromatic N) is 5. The number of aromatic nitrogens is 5. The van der Waals surface area contributed by atoms with Gasteiger partial charge in [-0.05, 0) is 43.2 Å². The first-order valence-electron chi connectivity index (χ1n) is 10.1. The summed E-state index contributed by atoms with van der Waals surface area (Å²) in [6.45, 7) is 1.50. The van der Waals surface area contributed by atoms with Gasteiger partial charge in [-0.1, -0.05) is 17.3 Å². The molecule has 0 unspecified atom stereocenters. The molecule has 5 rings (SSSR count). The summed E-state index contributed by atoms with van der Waals surface area (Å²) in [5.74, 6) is 0.260. The van der Waals surface area contributed by atoms with E-state index in [1.165, 1.54) is 11.8 Å². The van der Waals surface area contributed by atoms with E-state index < -0.39 is 5.82 Å². The maximum absolute atomic E-state index is 14.7. The number of fused-ring (bicyclic) bond motifs is 1. The Hall–Kier alpha value is -3.59. The zero-order valence-electron chi connectivity index (χ0n) is 17.0. The normalized spacial score (nSPS) is 14.6. The highest BCUT2D eigenvalue weighted by atomic mass is 19.1. The summed E-state index contributed by atoms with van der Waals surface area (Å²) in [7, 11) is 1.43. The van der Waals surface area contributed by atoms with Gasteiger partial charge in [0, 0.05) is 31.0 Å². The summed E-state index contributed by atoms with van der Waals surface area (Å²) in [6, 6.07) is 12.7. The quantitative estimate of drug-likeness (QED) is 0.528. The van der Waals surface area contributed by atoms with Gasteiger partial charge >= 0.3 is 0 Å². The molecule has 1 aliphatic rings. The molecule has 0 amide bonds. The van der Waals surface area contributed by atoms with E-state index in [0.29, 0.717) is 23.0 Å². The lowest BCUT2D eigenvalue weighted by Crippen LogP contribution is -2.28. The molecule has 8 nitrogen and oxygen atoms in total. The summed E-state index contributed by atoms with van der Waals surface area (Å²) in [5.41, 5.74) is 3.25. The van der Waals surface area contributed by atoms with Crippen LogP contribution < -0.4 is 10.1 Å². The van der Waals surface area contributed by atoms with Crippen molar-refractivity contribution in [3.05, 3.63) is 54.5 Å². The van der Waals surface area contributed by atoms with Crippen LogP contribution in [0, 0.1) is 5.82 Å². The van der Waals surface area contributed by atoms with Crippen LogP contribution in [0.4, 0.5) is 10.3 Å². The van der Waals surface area contributed by atoms with E-state index in [4.69, 9.17) is 9.47 Å². The molecule has 1 fully saturated rings. The molecular weight excluding hydrogens is 399 g/mol. The third-order valence-electron chi connectivity index (χ3n) is 5.34. The molecule has 1 saturated heterocycles. The molecule has 31 heavy (non-hydrogen) atoms. The second kappa shape index (κ2) is 8.27. The van der Waals surface area contributed by atoms with Crippen molar-refractivity contribution in [1.29, 1.82) is 0 Å². The molecule has 158 valence electrons. The van der Waals surface area contributed by atoms with Gasteiger partial charge in [0.05, 0.1) is 18.3 Å². The van der Waals surface area contributed by atoms with Gasteiger partial charge in [-0.2, -0.15) is 0 Å². The van der Waals surface area contributed by atoms with Crippen LogP contribution in [0.25, 0.3) is 28.0 Å². The van der Waals surface area contributed by atoms with Crippen molar-refractivity contribution in [2.45, 2.75) is 18.9 Å². The van der Waals surface area contributed by atoms with E-state index in [9.17, 15) is 4.39 Å². The molecule has 2 aromatic carbocycles. The fourth-order valence-electron chi connectivity index (χ4n) is 3.69. The van der Waals surface area contributed by atoms with Gasteiger partial charge in [0.2, 0.25) is 5.95 Å². The SMILES string of the molecule is COc1cccc(-n2nnc3cc(-c4ccnc(NC5CCOCC5)n4)ccc32)c1F. The average Bonchev–Trinajstić information content (AvgIpc) is 3.23. The number of hydrogen-bond donors (Lipinski definition) is 1. The number of hydrogen-bond acceptors (Lipinski definition) is 7. The third-order valence-corrected chi connectivity index (χ3v) is 5.34. The number of rotatable bonds is 5. The van der Waals surface area contributed by atoms with Crippen molar-refractivity contribution >= 4 is 17.0 Å². The van der Waals surface area contributed by atoms with Crippen molar-refractivity contribution < 1.29 is 13.9 Å². The highest BCUT2D eigenvalue weighted by molar-refractivity contribution is 5.82. The zero-order valence-corrected chi connectivity index (χ0v) is 17.0. The van der Waals surface area contributed by atoms with E-state index in [1.54, 1.807) is 24.4 Å². The van der Waals surface area contributed by atoms with Crippen LogP contribution in [-0.2, 0) is 4.74 Å². The first-order valence-corrected chi connectivity index (χ1v) is 10.1. The first kappa shape index (κ1) is 19.4. The Labute approximate surface area is 178 Å². The van der Waals surface area contributed by atoms with E-state index in [0.717, 1.165) is 37.3 Å². The number of anilines is 1. The minimum atomic E-state index is -0.486. The Morgan fingerprint density at radius 2 is 2.03 bits per heavy atom. The molecule has 0 atom stereocenters. The topological polar surface area (TPSA) is 87.0 Å². The maximum atomic E-state index is 14.7. The fraction of sp³-hybridized carbons (Fsp3) is 0.273. The van der Waals surface area contributed by atoms with Gasteiger partial charge in [0.15, 0.2) is 11.6 Å². The second-order valence-electron chi connectivity index (χ2n) is 7.29. The van der Waals surface area contributed by atoms with Crippen LogP contribution in [0.15, 0.2) is 48.7 Å². The predicted molar refractivity (Wildman–Crippen MR) is 114 cm³/mol. The summed E-state index contributed by atoms with van der Waals surface area (Å²) in [4.78, 5) is 8.99.